The highest BCUT2D eigenvalue weighted by Gasteiger charge is 2.24. The van der Waals surface area contributed by atoms with Crippen LogP contribution in [0.3, 0.4) is 0 Å². The van der Waals surface area contributed by atoms with Gasteiger partial charge in [-0.05, 0) is 18.4 Å². The third-order valence-corrected chi connectivity index (χ3v) is 5.43. The molecule has 2 aliphatic rings. The van der Waals surface area contributed by atoms with Gasteiger partial charge in [0.05, 0.1) is 25.6 Å². The molecule has 2 saturated heterocycles. The summed E-state index contributed by atoms with van der Waals surface area (Å²) in [6.07, 6.45) is 5.55. The molecule has 2 aromatic rings. The molecular weight excluding hydrogens is 368 g/mol. The van der Waals surface area contributed by atoms with Crippen LogP contribution in [0.4, 0.5) is 0 Å². The Bertz CT molecular complexity index is 740. The molecule has 7 nitrogen and oxygen atoms in total. The van der Waals surface area contributed by atoms with Gasteiger partial charge < -0.3 is 14.2 Å². The van der Waals surface area contributed by atoms with Crippen molar-refractivity contribution in [2.75, 3.05) is 59.1 Å². The summed E-state index contributed by atoms with van der Waals surface area (Å²) in [7, 11) is 0. The molecule has 3 heterocycles. The third-order valence-electron chi connectivity index (χ3n) is 5.43. The fraction of sp³-hybridized carbons (Fsp3) is 0.545. The van der Waals surface area contributed by atoms with Gasteiger partial charge in [-0.2, -0.15) is 4.98 Å². The van der Waals surface area contributed by atoms with Gasteiger partial charge in [0.2, 0.25) is 11.8 Å². The Morgan fingerprint density at radius 3 is 2.66 bits per heavy atom. The van der Waals surface area contributed by atoms with E-state index < -0.39 is 0 Å². The molecule has 0 N–H and O–H groups in total. The second kappa shape index (κ2) is 10.5. The minimum Gasteiger partial charge on any atom is -0.475 e. The van der Waals surface area contributed by atoms with E-state index in [-0.39, 0.29) is 6.10 Å². The van der Waals surface area contributed by atoms with Gasteiger partial charge in [0, 0.05) is 39.3 Å². The average Bonchev–Trinajstić information content (AvgIpc) is 3.21. The number of morpholine rings is 1. The van der Waals surface area contributed by atoms with E-state index in [0.29, 0.717) is 18.4 Å². The quantitative estimate of drug-likeness (QED) is 0.639. The highest BCUT2D eigenvalue weighted by atomic mass is 16.5. The van der Waals surface area contributed by atoms with Gasteiger partial charge in [-0.1, -0.05) is 30.3 Å². The van der Waals surface area contributed by atoms with Crippen LogP contribution < -0.4 is 9.47 Å². The average molecular weight is 399 g/mol. The highest BCUT2D eigenvalue weighted by molar-refractivity contribution is 5.15. The van der Waals surface area contributed by atoms with Gasteiger partial charge >= 0.3 is 0 Å². The van der Waals surface area contributed by atoms with Crippen molar-refractivity contribution >= 4 is 0 Å². The molecule has 1 aromatic carbocycles. The van der Waals surface area contributed by atoms with Gasteiger partial charge in [-0.3, -0.25) is 14.8 Å². The van der Waals surface area contributed by atoms with Crippen LogP contribution in [0, 0.1) is 0 Å². The largest absolute Gasteiger partial charge is 0.475 e. The maximum absolute atomic E-state index is 6.07. The van der Waals surface area contributed by atoms with Gasteiger partial charge in [0.15, 0.2) is 0 Å². The first-order valence-corrected chi connectivity index (χ1v) is 10.5. The molecular formula is C22H30N4O3. The van der Waals surface area contributed by atoms with E-state index in [1.165, 1.54) is 5.56 Å². The summed E-state index contributed by atoms with van der Waals surface area (Å²) in [6.45, 7) is 8.02. The van der Waals surface area contributed by atoms with Crippen molar-refractivity contribution in [3.8, 4) is 11.8 Å². The van der Waals surface area contributed by atoms with Crippen LogP contribution in [0.15, 0.2) is 42.7 Å². The molecule has 1 unspecified atom stereocenters. The number of hydrogen-bond acceptors (Lipinski definition) is 7. The normalized spacial score (nSPS) is 20.6. The van der Waals surface area contributed by atoms with E-state index >= 15 is 0 Å². The number of rotatable bonds is 9. The Labute approximate surface area is 172 Å². The highest BCUT2D eigenvalue weighted by Crippen LogP contribution is 2.18. The van der Waals surface area contributed by atoms with Crippen molar-refractivity contribution < 1.29 is 14.2 Å². The molecule has 2 fully saturated rings. The van der Waals surface area contributed by atoms with Crippen LogP contribution >= 0.6 is 0 Å². The summed E-state index contributed by atoms with van der Waals surface area (Å²) < 4.78 is 17.2. The lowest BCUT2D eigenvalue weighted by Crippen LogP contribution is -2.38. The maximum atomic E-state index is 6.07. The number of benzene rings is 1. The van der Waals surface area contributed by atoms with Crippen molar-refractivity contribution in [3.05, 3.63) is 48.3 Å². The van der Waals surface area contributed by atoms with E-state index in [1.54, 1.807) is 12.4 Å². The summed E-state index contributed by atoms with van der Waals surface area (Å²) in [5, 5.41) is 0. The third kappa shape index (κ3) is 6.39. The fourth-order valence-corrected chi connectivity index (χ4v) is 3.76. The molecule has 0 bridgehead atoms. The van der Waals surface area contributed by atoms with Crippen LogP contribution in [0.2, 0.25) is 0 Å². The summed E-state index contributed by atoms with van der Waals surface area (Å²) in [5.74, 6) is 1.07. The zero-order valence-corrected chi connectivity index (χ0v) is 16.9. The molecule has 2 aliphatic heterocycles. The summed E-state index contributed by atoms with van der Waals surface area (Å²) >= 11 is 0. The summed E-state index contributed by atoms with van der Waals surface area (Å²) in [6, 6.07) is 10.6. The number of ether oxygens (including phenoxy) is 3. The van der Waals surface area contributed by atoms with Crippen LogP contribution in [0.5, 0.6) is 11.8 Å². The Morgan fingerprint density at radius 2 is 1.79 bits per heavy atom. The smallest absolute Gasteiger partial charge is 0.235 e. The van der Waals surface area contributed by atoms with Gasteiger partial charge in [-0.15, -0.1) is 0 Å². The van der Waals surface area contributed by atoms with Crippen molar-refractivity contribution in [3.63, 3.8) is 0 Å². The lowest BCUT2D eigenvalue weighted by Gasteiger charge is -2.26. The molecule has 0 saturated carbocycles. The molecule has 0 spiro atoms. The van der Waals surface area contributed by atoms with E-state index in [9.17, 15) is 0 Å². The molecule has 4 rings (SSSR count). The van der Waals surface area contributed by atoms with Crippen molar-refractivity contribution in [2.24, 2.45) is 0 Å². The van der Waals surface area contributed by atoms with E-state index in [0.717, 1.165) is 65.3 Å². The standard InChI is InChI=1S/C22H30N4O3/c1-2-4-19(5-3-1)6-8-26-9-7-20(18-26)29-22-17-23-16-21(24-22)28-15-12-25-10-13-27-14-11-25/h1-5,16-17,20H,6-15,18H2. The lowest BCUT2D eigenvalue weighted by molar-refractivity contribution is 0.0319. The number of aromatic nitrogens is 2. The molecule has 156 valence electrons. The summed E-state index contributed by atoms with van der Waals surface area (Å²) in [5.41, 5.74) is 1.38. The molecule has 1 aromatic heterocycles. The fourth-order valence-electron chi connectivity index (χ4n) is 3.76. The number of likely N-dealkylation sites (tertiary alicyclic amines) is 1. The first kappa shape index (κ1) is 20.1. The van der Waals surface area contributed by atoms with Crippen LogP contribution in [-0.4, -0.2) is 85.0 Å². The molecule has 29 heavy (non-hydrogen) atoms. The van der Waals surface area contributed by atoms with Crippen molar-refractivity contribution in [2.45, 2.75) is 18.9 Å². The van der Waals surface area contributed by atoms with E-state index in [1.807, 2.05) is 0 Å². The molecule has 7 heteroatoms. The predicted molar refractivity (Wildman–Crippen MR) is 110 cm³/mol. The topological polar surface area (TPSA) is 60.0 Å². The van der Waals surface area contributed by atoms with Crippen LogP contribution in [0.1, 0.15) is 12.0 Å². The second-order valence-electron chi connectivity index (χ2n) is 7.56. The minimum absolute atomic E-state index is 0.156. The van der Waals surface area contributed by atoms with Gasteiger partial charge in [0.25, 0.3) is 0 Å². The number of hydrogen-bond donors (Lipinski definition) is 0. The Balaban J connectivity index is 1.19. The SMILES string of the molecule is c1ccc(CCN2CCC(Oc3cncc(OCCN4CCOCC4)n3)C2)cc1. The Kier molecular flexibility index (Phi) is 7.28. The first-order valence-electron chi connectivity index (χ1n) is 10.5. The Morgan fingerprint density at radius 1 is 0.966 bits per heavy atom. The van der Waals surface area contributed by atoms with Crippen molar-refractivity contribution in [1.82, 2.24) is 19.8 Å². The summed E-state index contributed by atoms with van der Waals surface area (Å²) in [4.78, 5) is 13.5. The minimum atomic E-state index is 0.156. The zero-order chi connectivity index (χ0) is 19.7. The van der Waals surface area contributed by atoms with Crippen LogP contribution in [0.25, 0.3) is 0 Å². The molecule has 0 amide bonds. The van der Waals surface area contributed by atoms with Crippen molar-refractivity contribution in [1.29, 1.82) is 0 Å². The zero-order valence-electron chi connectivity index (χ0n) is 16.9. The molecule has 1 atom stereocenters. The maximum Gasteiger partial charge on any atom is 0.235 e. The molecule has 0 radical (unpaired) electrons. The number of nitrogens with zero attached hydrogens (tertiary/aromatic N) is 4. The van der Waals surface area contributed by atoms with Gasteiger partial charge in [0.1, 0.15) is 12.7 Å². The monoisotopic (exact) mass is 398 g/mol. The lowest BCUT2D eigenvalue weighted by atomic mass is 10.1. The first-order chi connectivity index (χ1) is 14.3. The van der Waals surface area contributed by atoms with E-state index in [2.05, 4.69) is 50.1 Å². The Hall–Kier alpha value is -2.22. The molecule has 0 aliphatic carbocycles. The second-order valence-corrected chi connectivity index (χ2v) is 7.56. The predicted octanol–water partition coefficient (Wildman–Crippen LogP) is 1.88. The van der Waals surface area contributed by atoms with Gasteiger partial charge in [-0.25, -0.2) is 0 Å². The van der Waals surface area contributed by atoms with E-state index in [4.69, 9.17) is 14.2 Å². The van der Waals surface area contributed by atoms with Crippen LogP contribution in [-0.2, 0) is 11.2 Å².